The molecule has 0 bridgehead atoms. The number of likely N-dealkylation sites (tertiary alicyclic amines) is 1. The molecular formula is C29H35ClN4O. The molecule has 5 nitrogen and oxygen atoms in total. The van der Waals surface area contributed by atoms with E-state index in [9.17, 15) is 4.79 Å². The summed E-state index contributed by atoms with van der Waals surface area (Å²) in [5.74, 6) is 0.0377. The van der Waals surface area contributed by atoms with Crippen LogP contribution in [0, 0.1) is 13.8 Å². The quantitative estimate of drug-likeness (QED) is 0.455. The van der Waals surface area contributed by atoms with Crippen LogP contribution >= 0.6 is 11.6 Å². The predicted molar refractivity (Wildman–Crippen MR) is 143 cm³/mol. The van der Waals surface area contributed by atoms with Gasteiger partial charge in [-0.05, 0) is 74.1 Å². The Labute approximate surface area is 213 Å². The van der Waals surface area contributed by atoms with Gasteiger partial charge >= 0.3 is 0 Å². The molecule has 2 aromatic carbocycles. The second-order valence-electron chi connectivity index (χ2n) is 9.85. The van der Waals surface area contributed by atoms with Crippen LogP contribution in [-0.4, -0.2) is 41.0 Å². The summed E-state index contributed by atoms with van der Waals surface area (Å²) in [6, 6.07) is 19.9. The summed E-state index contributed by atoms with van der Waals surface area (Å²) in [7, 11) is 0. The SMILES string of the molecule is Cc1cc(Cl)ccc1C(NC(=O)CN1CCC(C)(NCc2cccnc2C)CC1)c1ccccc1. The van der Waals surface area contributed by atoms with Gasteiger partial charge in [0.05, 0.1) is 12.6 Å². The van der Waals surface area contributed by atoms with Crippen molar-refractivity contribution in [3.63, 3.8) is 0 Å². The number of carbonyl (C=O) groups excluding carboxylic acids is 1. The molecule has 1 amide bonds. The van der Waals surface area contributed by atoms with Crippen LogP contribution in [0.3, 0.4) is 0 Å². The van der Waals surface area contributed by atoms with E-state index in [1.807, 2.05) is 55.6 Å². The Hall–Kier alpha value is -2.73. The van der Waals surface area contributed by atoms with Gasteiger partial charge in [0.1, 0.15) is 0 Å². The van der Waals surface area contributed by atoms with Gasteiger partial charge in [0.25, 0.3) is 0 Å². The maximum Gasteiger partial charge on any atom is 0.234 e. The number of hydrogen-bond acceptors (Lipinski definition) is 4. The summed E-state index contributed by atoms with van der Waals surface area (Å²) >= 11 is 6.19. The molecule has 2 heterocycles. The standard InChI is InChI=1S/C29H35ClN4O/c1-21-18-25(30)11-12-26(21)28(23-8-5-4-6-9-23)33-27(35)20-34-16-13-29(3,14-17-34)32-19-24-10-7-15-31-22(24)2/h4-12,15,18,28,32H,13-14,16-17,19-20H2,1-3H3,(H,33,35). The highest BCUT2D eigenvalue weighted by atomic mass is 35.5. The minimum Gasteiger partial charge on any atom is -0.344 e. The van der Waals surface area contributed by atoms with Crippen molar-refractivity contribution in [2.45, 2.75) is 51.7 Å². The molecule has 35 heavy (non-hydrogen) atoms. The Kier molecular flexibility index (Phi) is 8.22. The summed E-state index contributed by atoms with van der Waals surface area (Å²) in [5.41, 5.74) is 5.56. The molecule has 6 heteroatoms. The highest BCUT2D eigenvalue weighted by Gasteiger charge is 2.30. The van der Waals surface area contributed by atoms with Crippen LogP contribution in [0.2, 0.25) is 5.02 Å². The maximum atomic E-state index is 13.2. The Balaban J connectivity index is 1.35. The molecule has 1 aliphatic heterocycles. The lowest BCUT2D eigenvalue weighted by Crippen LogP contribution is -2.52. The van der Waals surface area contributed by atoms with E-state index in [4.69, 9.17) is 11.6 Å². The maximum absolute atomic E-state index is 13.2. The van der Waals surface area contributed by atoms with E-state index in [-0.39, 0.29) is 17.5 Å². The highest BCUT2D eigenvalue weighted by molar-refractivity contribution is 6.30. The van der Waals surface area contributed by atoms with E-state index in [0.29, 0.717) is 11.6 Å². The number of halogens is 1. The monoisotopic (exact) mass is 490 g/mol. The van der Waals surface area contributed by atoms with Crippen LogP contribution in [0.4, 0.5) is 0 Å². The molecule has 1 atom stereocenters. The lowest BCUT2D eigenvalue weighted by molar-refractivity contribution is -0.123. The van der Waals surface area contributed by atoms with E-state index in [1.165, 1.54) is 5.56 Å². The summed E-state index contributed by atoms with van der Waals surface area (Å²) in [4.78, 5) is 19.8. The van der Waals surface area contributed by atoms with Crippen LogP contribution in [0.25, 0.3) is 0 Å². The van der Waals surface area contributed by atoms with E-state index in [0.717, 1.165) is 54.9 Å². The van der Waals surface area contributed by atoms with Gasteiger partial charge in [-0.3, -0.25) is 14.7 Å². The van der Waals surface area contributed by atoms with Gasteiger partial charge in [-0.25, -0.2) is 0 Å². The zero-order valence-corrected chi connectivity index (χ0v) is 21.6. The Morgan fingerprint density at radius 3 is 2.51 bits per heavy atom. The Morgan fingerprint density at radius 2 is 1.83 bits per heavy atom. The van der Waals surface area contributed by atoms with Gasteiger partial charge < -0.3 is 10.6 Å². The molecule has 0 spiro atoms. The third-order valence-corrected chi connectivity index (χ3v) is 7.37. The van der Waals surface area contributed by atoms with Crippen LogP contribution in [-0.2, 0) is 11.3 Å². The minimum absolute atomic E-state index is 0.0377. The second-order valence-corrected chi connectivity index (χ2v) is 10.3. The number of hydrogen-bond donors (Lipinski definition) is 2. The third kappa shape index (κ3) is 6.69. The number of carbonyl (C=O) groups is 1. The fraction of sp³-hybridized carbons (Fsp3) is 0.379. The van der Waals surface area contributed by atoms with Gasteiger partial charge in [-0.1, -0.05) is 54.1 Å². The fourth-order valence-corrected chi connectivity index (χ4v) is 4.98. The number of aryl methyl sites for hydroxylation is 2. The largest absolute Gasteiger partial charge is 0.344 e. The number of pyridine rings is 1. The average molecular weight is 491 g/mol. The Bertz CT molecular complexity index is 1140. The minimum atomic E-state index is -0.208. The Morgan fingerprint density at radius 1 is 1.09 bits per heavy atom. The zero-order chi connectivity index (χ0) is 24.8. The number of amides is 1. The first kappa shape index (κ1) is 25.4. The molecular weight excluding hydrogens is 456 g/mol. The van der Waals surface area contributed by atoms with Crippen molar-refractivity contribution in [2.24, 2.45) is 0 Å². The van der Waals surface area contributed by atoms with Crippen molar-refractivity contribution in [2.75, 3.05) is 19.6 Å². The molecule has 1 aliphatic rings. The number of nitrogens with zero attached hydrogens (tertiary/aromatic N) is 2. The van der Waals surface area contributed by atoms with Crippen molar-refractivity contribution in [3.05, 3.63) is 99.8 Å². The predicted octanol–water partition coefficient (Wildman–Crippen LogP) is 5.20. The molecule has 4 rings (SSSR count). The van der Waals surface area contributed by atoms with Crippen LogP contribution in [0.1, 0.15) is 53.8 Å². The normalized spacial score (nSPS) is 16.6. The molecule has 184 valence electrons. The summed E-state index contributed by atoms with van der Waals surface area (Å²) in [5, 5.41) is 7.72. The van der Waals surface area contributed by atoms with Gasteiger partial charge in [0.2, 0.25) is 5.91 Å². The van der Waals surface area contributed by atoms with Gasteiger partial charge in [0.15, 0.2) is 0 Å². The lowest BCUT2D eigenvalue weighted by Gasteiger charge is -2.40. The van der Waals surface area contributed by atoms with Gasteiger partial charge in [-0.2, -0.15) is 0 Å². The van der Waals surface area contributed by atoms with Crippen molar-refractivity contribution in [1.82, 2.24) is 20.5 Å². The molecule has 2 N–H and O–H groups in total. The van der Waals surface area contributed by atoms with E-state index < -0.39 is 0 Å². The smallest absolute Gasteiger partial charge is 0.234 e. The molecule has 0 radical (unpaired) electrons. The van der Waals surface area contributed by atoms with Gasteiger partial charge in [0, 0.05) is 42.1 Å². The summed E-state index contributed by atoms with van der Waals surface area (Å²) < 4.78 is 0. The zero-order valence-electron chi connectivity index (χ0n) is 20.9. The first-order valence-electron chi connectivity index (χ1n) is 12.3. The number of nitrogens with one attached hydrogen (secondary N) is 2. The third-order valence-electron chi connectivity index (χ3n) is 7.13. The van der Waals surface area contributed by atoms with Crippen LogP contribution in [0.15, 0.2) is 66.9 Å². The molecule has 1 aromatic heterocycles. The number of aromatic nitrogens is 1. The number of piperidine rings is 1. The molecule has 0 aliphatic carbocycles. The average Bonchev–Trinajstić information content (AvgIpc) is 2.85. The number of benzene rings is 2. The van der Waals surface area contributed by atoms with E-state index in [1.54, 1.807) is 0 Å². The lowest BCUT2D eigenvalue weighted by atomic mass is 9.89. The molecule has 1 saturated heterocycles. The first-order valence-corrected chi connectivity index (χ1v) is 12.7. The van der Waals surface area contributed by atoms with Gasteiger partial charge in [-0.15, -0.1) is 0 Å². The fourth-order valence-electron chi connectivity index (χ4n) is 4.75. The number of rotatable bonds is 8. The summed E-state index contributed by atoms with van der Waals surface area (Å²) in [6.07, 6.45) is 3.83. The first-order chi connectivity index (χ1) is 16.8. The topological polar surface area (TPSA) is 57.3 Å². The summed E-state index contributed by atoms with van der Waals surface area (Å²) in [6.45, 7) is 9.36. The molecule has 1 unspecified atom stereocenters. The second kappa shape index (κ2) is 11.3. The van der Waals surface area contributed by atoms with Crippen LogP contribution < -0.4 is 10.6 Å². The van der Waals surface area contributed by atoms with Crippen LogP contribution in [0.5, 0.6) is 0 Å². The molecule has 1 fully saturated rings. The highest BCUT2D eigenvalue weighted by Crippen LogP contribution is 2.27. The van der Waals surface area contributed by atoms with E-state index >= 15 is 0 Å². The van der Waals surface area contributed by atoms with Crippen molar-refractivity contribution >= 4 is 17.5 Å². The molecule has 0 saturated carbocycles. The van der Waals surface area contributed by atoms with Crippen molar-refractivity contribution in [1.29, 1.82) is 0 Å². The van der Waals surface area contributed by atoms with Crippen molar-refractivity contribution in [3.8, 4) is 0 Å². The van der Waals surface area contributed by atoms with E-state index in [2.05, 4.69) is 52.6 Å². The molecule has 3 aromatic rings. The van der Waals surface area contributed by atoms with Crippen molar-refractivity contribution < 1.29 is 4.79 Å².